The molecule has 0 N–H and O–H groups in total. The van der Waals surface area contributed by atoms with Crippen molar-refractivity contribution >= 4 is 17.7 Å². The molecular weight excluding hydrogens is 342 g/mol. The van der Waals surface area contributed by atoms with Crippen molar-refractivity contribution in [3.8, 4) is 0 Å². The summed E-state index contributed by atoms with van der Waals surface area (Å²) in [5.41, 5.74) is 1.84. The van der Waals surface area contributed by atoms with Crippen LogP contribution in [0.4, 0.5) is 0 Å². The summed E-state index contributed by atoms with van der Waals surface area (Å²) in [6.45, 7) is 7.45. The van der Waals surface area contributed by atoms with E-state index in [0.717, 1.165) is 24.8 Å². The molecule has 6 heteroatoms. The largest absolute Gasteiger partial charge is 0.343 e. The van der Waals surface area contributed by atoms with Crippen molar-refractivity contribution in [2.45, 2.75) is 33.1 Å². The SMILES string of the molecule is CC(=O)N1CCC(C(=O)N2CCCN(C(=O)c3ccc(C)cc3)CC2)CC1. The Morgan fingerprint density at radius 2 is 1.41 bits per heavy atom. The highest BCUT2D eigenvalue weighted by Gasteiger charge is 2.30. The lowest BCUT2D eigenvalue weighted by Gasteiger charge is -2.33. The predicted molar refractivity (Wildman–Crippen MR) is 103 cm³/mol. The molecule has 2 aliphatic heterocycles. The van der Waals surface area contributed by atoms with Crippen LogP contribution in [0.5, 0.6) is 0 Å². The molecule has 3 amide bonds. The molecule has 0 radical (unpaired) electrons. The van der Waals surface area contributed by atoms with Crippen molar-refractivity contribution in [3.05, 3.63) is 35.4 Å². The summed E-state index contributed by atoms with van der Waals surface area (Å²) in [5.74, 6) is 0.308. The van der Waals surface area contributed by atoms with Crippen LogP contribution >= 0.6 is 0 Å². The van der Waals surface area contributed by atoms with Gasteiger partial charge in [-0.25, -0.2) is 0 Å². The van der Waals surface area contributed by atoms with Gasteiger partial charge in [0.15, 0.2) is 0 Å². The van der Waals surface area contributed by atoms with Gasteiger partial charge in [-0.15, -0.1) is 0 Å². The minimum atomic E-state index is -0.0000462. The summed E-state index contributed by atoms with van der Waals surface area (Å²) < 4.78 is 0. The third-order valence-electron chi connectivity index (χ3n) is 5.68. The van der Waals surface area contributed by atoms with E-state index < -0.39 is 0 Å². The maximum atomic E-state index is 12.9. The number of rotatable bonds is 2. The Balaban J connectivity index is 1.55. The second kappa shape index (κ2) is 8.55. The molecule has 27 heavy (non-hydrogen) atoms. The molecule has 2 aliphatic rings. The number of benzene rings is 1. The molecule has 3 rings (SSSR count). The van der Waals surface area contributed by atoms with Crippen LogP contribution in [-0.4, -0.2) is 71.7 Å². The summed E-state index contributed by atoms with van der Waals surface area (Å²) in [7, 11) is 0. The summed E-state index contributed by atoms with van der Waals surface area (Å²) in [6, 6.07) is 7.64. The van der Waals surface area contributed by atoms with E-state index >= 15 is 0 Å². The van der Waals surface area contributed by atoms with Crippen molar-refractivity contribution in [2.24, 2.45) is 5.92 Å². The first-order valence-electron chi connectivity index (χ1n) is 9.86. The van der Waals surface area contributed by atoms with Gasteiger partial charge in [0.2, 0.25) is 11.8 Å². The zero-order valence-electron chi connectivity index (χ0n) is 16.3. The van der Waals surface area contributed by atoms with Crippen LogP contribution in [0.25, 0.3) is 0 Å². The molecule has 0 saturated carbocycles. The van der Waals surface area contributed by atoms with Crippen LogP contribution in [0.2, 0.25) is 0 Å². The lowest BCUT2D eigenvalue weighted by atomic mass is 9.95. The van der Waals surface area contributed by atoms with E-state index in [1.807, 2.05) is 45.9 Å². The van der Waals surface area contributed by atoms with Gasteiger partial charge < -0.3 is 14.7 Å². The molecule has 0 spiro atoms. The third kappa shape index (κ3) is 4.67. The van der Waals surface area contributed by atoms with E-state index in [9.17, 15) is 14.4 Å². The van der Waals surface area contributed by atoms with Crippen molar-refractivity contribution in [3.63, 3.8) is 0 Å². The summed E-state index contributed by atoms with van der Waals surface area (Å²) >= 11 is 0. The lowest BCUT2D eigenvalue weighted by Crippen LogP contribution is -2.45. The van der Waals surface area contributed by atoms with E-state index in [1.54, 1.807) is 6.92 Å². The molecule has 2 saturated heterocycles. The molecule has 0 aromatic heterocycles. The fourth-order valence-electron chi connectivity index (χ4n) is 3.92. The first-order valence-corrected chi connectivity index (χ1v) is 9.86. The summed E-state index contributed by atoms with van der Waals surface area (Å²) in [5, 5.41) is 0. The smallest absolute Gasteiger partial charge is 0.253 e. The fourth-order valence-corrected chi connectivity index (χ4v) is 3.92. The second-order valence-electron chi connectivity index (χ2n) is 7.62. The van der Waals surface area contributed by atoms with Crippen molar-refractivity contribution in [1.29, 1.82) is 0 Å². The zero-order valence-corrected chi connectivity index (χ0v) is 16.3. The molecular formula is C21H29N3O3. The highest BCUT2D eigenvalue weighted by molar-refractivity contribution is 5.94. The van der Waals surface area contributed by atoms with Gasteiger partial charge in [0.1, 0.15) is 0 Å². The van der Waals surface area contributed by atoms with Gasteiger partial charge >= 0.3 is 0 Å². The van der Waals surface area contributed by atoms with Gasteiger partial charge in [0, 0.05) is 57.7 Å². The van der Waals surface area contributed by atoms with E-state index in [0.29, 0.717) is 44.8 Å². The Labute approximate surface area is 161 Å². The molecule has 0 atom stereocenters. The highest BCUT2D eigenvalue weighted by Crippen LogP contribution is 2.21. The second-order valence-corrected chi connectivity index (χ2v) is 7.62. The molecule has 1 aromatic carbocycles. The van der Waals surface area contributed by atoms with Crippen LogP contribution < -0.4 is 0 Å². The van der Waals surface area contributed by atoms with Gasteiger partial charge in [-0.1, -0.05) is 17.7 Å². The summed E-state index contributed by atoms with van der Waals surface area (Å²) in [4.78, 5) is 42.6. The van der Waals surface area contributed by atoms with E-state index in [4.69, 9.17) is 0 Å². The molecule has 0 aliphatic carbocycles. The van der Waals surface area contributed by atoms with Gasteiger partial charge in [-0.05, 0) is 38.3 Å². The Hall–Kier alpha value is -2.37. The average molecular weight is 371 g/mol. The monoisotopic (exact) mass is 371 g/mol. The number of hydrogen-bond acceptors (Lipinski definition) is 3. The van der Waals surface area contributed by atoms with Crippen LogP contribution in [-0.2, 0) is 9.59 Å². The first kappa shape index (κ1) is 19.4. The standard InChI is InChI=1S/C21H29N3O3/c1-16-4-6-18(7-5-16)20(26)23-10-3-11-24(15-14-23)21(27)19-8-12-22(13-9-19)17(2)25/h4-7,19H,3,8-15H2,1-2H3. The topological polar surface area (TPSA) is 60.9 Å². The minimum absolute atomic E-state index is 0.0000462. The Bertz CT molecular complexity index is 693. The van der Waals surface area contributed by atoms with Gasteiger partial charge in [-0.3, -0.25) is 14.4 Å². The number of likely N-dealkylation sites (tertiary alicyclic amines) is 1. The molecule has 0 unspecified atom stereocenters. The van der Waals surface area contributed by atoms with E-state index in [-0.39, 0.29) is 23.6 Å². The van der Waals surface area contributed by atoms with Crippen LogP contribution in [0.3, 0.4) is 0 Å². The fraction of sp³-hybridized carbons (Fsp3) is 0.571. The Kier molecular flexibility index (Phi) is 6.14. The van der Waals surface area contributed by atoms with Gasteiger partial charge in [0.25, 0.3) is 5.91 Å². The van der Waals surface area contributed by atoms with E-state index in [2.05, 4.69) is 0 Å². The quantitative estimate of drug-likeness (QED) is 0.798. The van der Waals surface area contributed by atoms with Crippen molar-refractivity contribution in [2.75, 3.05) is 39.3 Å². The summed E-state index contributed by atoms with van der Waals surface area (Å²) in [6.07, 6.45) is 2.28. The van der Waals surface area contributed by atoms with Crippen molar-refractivity contribution in [1.82, 2.24) is 14.7 Å². The van der Waals surface area contributed by atoms with Gasteiger partial charge in [-0.2, -0.15) is 0 Å². The molecule has 0 bridgehead atoms. The van der Waals surface area contributed by atoms with Crippen LogP contribution in [0, 0.1) is 12.8 Å². The number of nitrogens with zero attached hydrogens (tertiary/aromatic N) is 3. The Morgan fingerprint density at radius 1 is 0.815 bits per heavy atom. The molecule has 2 heterocycles. The number of carbonyl (C=O) groups excluding carboxylic acids is 3. The molecule has 146 valence electrons. The molecule has 6 nitrogen and oxygen atoms in total. The van der Waals surface area contributed by atoms with Crippen LogP contribution in [0.15, 0.2) is 24.3 Å². The maximum absolute atomic E-state index is 12.9. The maximum Gasteiger partial charge on any atom is 0.253 e. The lowest BCUT2D eigenvalue weighted by molar-refractivity contribution is -0.140. The van der Waals surface area contributed by atoms with Crippen LogP contribution in [0.1, 0.15) is 42.1 Å². The number of hydrogen-bond donors (Lipinski definition) is 0. The number of piperidine rings is 1. The highest BCUT2D eigenvalue weighted by atomic mass is 16.2. The van der Waals surface area contributed by atoms with Crippen molar-refractivity contribution < 1.29 is 14.4 Å². The minimum Gasteiger partial charge on any atom is -0.343 e. The van der Waals surface area contributed by atoms with Gasteiger partial charge in [0.05, 0.1) is 0 Å². The van der Waals surface area contributed by atoms with E-state index in [1.165, 1.54) is 0 Å². The third-order valence-corrected chi connectivity index (χ3v) is 5.68. The average Bonchev–Trinajstić information content (AvgIpc) is 2.94. The Morgan fingerprint density at radius 3 is 2.04 bits per heavy atom. The number of carbonyl (C=O) groups is 3. The molecule has 2 fully saturated rings. The number of amides is 3. The normalized spacial score (nSPS) is 19.0. The zero-order chi connectivity index (χ0) is 19.4. The first-order chi connectivity index (χ1) is 13.0. The predicted octanol–water partition coefficient (Wildman–Crippen LogP) is 1.93. The molecule has 1 aromatic rings. The number of aryl methyl sites for hydroxylation is 1.